The summed E-state index contributed by atoms with van der Waals surface area (Å²) in [6, 6.07) is 4.76. The van der Waals surface area contributed by atoms with Crippen LogP contribution in [0.1, 0.15) is 19.9 Å². The molecule has 0 aliphatic heterocycles. The average Bonchev–Trinajstić information content (AvgIpc) is 2.98. The predicted octanol–water partition coefficient (Wildman–Crippen LogP) is 0.395. The minimum absolute atomic E-state index is 0.0722. The highest BCUT2D eigenvalue weighted by molar-refractivity contribution is 7.89. The average molecular weight is 369 g/mol. The largest absolute Gasteiger partial charge is 0.383 e. The second-order valence-corrected chi connectivity index (χ2v) is 7.93. The van der Waals surface area contributed by atoms with Crippen LogP contribution in [0.5, 0.6) is 0 Å². The van der Waals surface area contributed by atoms with Crippen LogP contribution < -0.4 is 5.32 Å². The van der Waals surface area contributed by atoms with E-state index in [-0.39, 0.29) is 17.5 Å². The van der Waals surface area contributed by atoms with Crippen LogP contribution in [-0.2, 0) is 19.6 Å². The summed E-state index contributed by atoms with van der Waals surface area (Å²) in [6.45, 7) is 4.35. The number of fused-ring (bicyclic) bond motifs is 1. The fourth-order valence-electron chi connectivity index (χ4n) is 2.28. The van der Waals surface area contributed by atoms with E-state index < -0.39 is 15.9 Å². The number of aromatic nitrogens is 3. The zero-order valence-electron chi connectivity index (χ0n) is 14.8. The Morgan fingerprint density at radius 2 is 2.12 bits per heavy atom. The number of carbonyl (C=O) groups is 1. The molecule has 0 aliphatic rings. The summed E-state index contributed by atoms with van der Waals surface area (Å²) in [4.78, 5) is 11.9. The van der Waals surface area contributed by atoms with Gasteiger partial charge in [-0.15, -0.1) is 5.10 Å². The van der Waals surface area contributed by atoms with Crippen LogP contribution in [0, 0.1) is 0 Å². The van der Waals surface area contributed by atoms with Crippen LogP contribution >= 0.6 is 0 Å². The van der Waals surface area contributed by atoms with Crippen molar-refractivity contribution in [3.8, 4) is 0 Å². The lowest BCUT2D eigenvalue weighted by atomic mass is 10.3. The van der Waals surface area contributed by atoms with E-state index in [2.05, 4.69) is 15.6 Å². The van der Waals surface area contributed by atoms with Crippen LogP contribution in [0.15, 0.2) is 23.1 Å². The van der Waals surface area contributed by atoms with Gasteiger partial charge in [0.1, 0.15) is 5.52 Å². The van der Waals surface area contributed by atoms with Crippen LogP contribution in [0.25, 0.3) is 11.0 Å². The first-order valence-corrected chi connectivity index (χ1v) is 9.28. The van der Waals surface area contributed by atoms with E-state index in [4.69, 9.17) is 4.74 Å². The molecule has 0 radical (unpaired) electrons. The summed E-state index contributed by atoms with van der Waals surface area (Å²) in [5.74, 6) is -0.394. The van der Waals surface area contributed by atoms with Crippen LogP contribution in [0.3, 0.4) is 0 Å². The van der Waals surface area contributed by atoms with Crippen molar-refractivity contribution in [2.24, 2.45) is 0 Å². The number of nitrogens with one attached hydrogen (secondary N) is 1. The maximum atomic E-state index is 12.6. The van der Waals surface area contributed by atoms with Crippen LogP contribution in [-0.4, -0.2) is 67.5 Å². The minimum Gasteiger partial charge on any atom is -0.383 e. The summed E-state index contributed by atoms with van der Waals surface area (Å²) in [7, 11) is -0.919. The number of hydrogen-bond donors (Lipinski definition) is 1. The Bertz CT molecular complexity index is 847. The number of methoxy groups -OCH3 is 1. The number of sulfonamides is 1. The Kier molecular flexibility index (Phi) is 6.09. The molecular weight excluding hydrogens is 346 g/mol. The van der Waals surface area contributed by atoms with E-state index in [1.165, 1.54) is 26.3 Å². The summed E-state index contributed by atoms with van der Waals surface area (Å²) >= 11 is 0. The molecule has 1 N–H and O–H groups in total. The SMILES string of the molecule is COCCNC(=O)CN(C)S(=O)(=O)c1ccc2c(c1)nnn2C(C)C. The molecule has 2 aromatic rings. The second-order valence-electron chi connectivity index (χ2n) is 5.88. The fourth-order valence-corrected chi connectivity index (χ4v) is 3.43. The van der Waals surface area contributed by atoms with E-state index in [9.17, 15) is 13.2 Å². The first-order chi connectivity index (χ1) is 11.8. The third-order valence-electron chi connectivity index (χ3n) is 3.63. The molecule has 138 valence electrons. The zero-order chi connectivity index (χ0) is 18.6. The van der Waals surface area contributed by atoms with Crippen molar-refractivity contribution in [3.05, 3.63) is 18.2 Å². The molecule has 0 spiro atoms. The Morgan fingerprint density at radius 3 is 2.76 bits per heavy atom. The quantitative estimate of drug-likeness (QED) is 0.675. The van der Waals surface area contributed by atoms with Crippen molar-refractivity contribution in [1.29, 1.82) is 0 Å². The lowest BCUT2D eigenvalue weighted by molar-refractivity contribution is -0.121. The molecule has 1 heterocycles. The maximum Gasteiger partial charge on any atom is 0.243 e. The highest BCUT2D eigenvalue weighted by Crippen LogP contribution is 2.21. The number of likely N-dealkylation sites (N-methyl/N-ethyl adjacent to an activating group) is 1. The van der Waals surface area contributed by atoms with Crippen LogP contribution in [0.2, 0.25) is 0 Å². The van der Waals surface area contributed by atoms with E-state index >= 15 is 0 Å². The van der Waals surface area contributed by atoms with Crippen molar-refractivity contribution >= 4 is 27.0 Å². The molecule has 0 aliphatic carbocycles. The maximum absolute atomic E-state index is 12.6. The molecule has 0 fully saturated rings. The number of ether oxygens (including phenoxy) is 1. The second kappa shape index (κ2) is 7.89. The molecule has 1 amide bonds. The summed E-state index contributed by atoms with van der Waals surface area (Å²) in [5, 5.41) is 10.6. The summed E-state index contributed by atoms with van der Waals surface area (Å²) < 4.78 is 32.9. The molecule has 25 heavy (non-hydrogen) atoms. The summed E-state index contributed by atoms with van der Waals surface area (Å²) in [5.41, 5.74) is 1.25. The molecule has 10 heteroatoms. The zero-order valence-corrected chi connectivity index (χ0v) is 15.6. The fraction of sp³-hybridized carbons (Fsp3) is 0.533. The number of nitrogens with zero attached hydrogens (tertiary/aromatic N) is 4. The number of benzene rings is 1. The lowest BCUT2D eigenvalue weighted by Gasteiger charge is -2.17. The Morgan fingerprint density at radius 1 is 1.40 bits per heavy atom. The number of carbonyl (C=O) groups excluding carboxylic acids is 1. The van der Waals surface area contributed by atoms with E-state index in [0.717, 1.165) is 9.82 Å². The predicted molar refractivity (Wildman–Crippen MR) is 92.6 cm³/mol. The van der Waals surface area contributed by atoms with E-state index in [1.807, 2.05) is 13.8 Å². The van der Waals surface area contributed by atoms with Crippen molar-refractivity contribution < 1.29 is 17.9 Å². The van der Waals surface area contributed by atoms with Gasteiger partial charge in [-0.3, -0.25) is 4.79 Å². The third kappa shape index (κ3) is 4.33. The minimum atomic E-state index is -3.80. The van der Waals surface area contributed by atoms with Gasteiger partial charge in [0.2, 0.25) is 15.9 Å². The Hall–Kier alpha value is -2.04. The standard InChI is InChI=1S/C15H23N5O4S/c1-11(2)20-14-6-5-12(9-13(14)17-18-20)25(22,23)19(3)10-15(21)16-7-8-24-4/h5-6,9,11H,7-8,10H2,1-4H3,(H,16,21). The normalized spacial score (nSPS) is 12.2. The molecule has 1 aromatic heterocycles. The molecule has 9 nitrogen and oxygen atoms in total. The number of rotatable bonds is 8. The van der Waals surface area contributed by atoms with Gasteiger partial charge in [-0.1, -0.05) is 5.21 Å². The topological polar surface area (TPSA) is 106 Å². The van der Waals surface area contributed by atoms with Crippen molar-refractivity contribution in [1.82, 2.24) is 24.6 Å². The molecule has 0 saturated heterocycles. The molecule has 0 bridgehead atoms. The highest BCUT2D eigenvalue weighted by atomic mass is 32.2. The molecule has 0 saturated carbocycles. The smallest absolute Gasteiger partial charge is 0.243 e. The molecule has 1 aromatic carbocycles. The van der Waals surface area contributed by atoms with E-state index in [1.54, 1.807) is 10.7 Å². The van der Waals surface area contributed by atoms with Gasteiger partial charge < -0.3 is 10.1 Å². The monoisotopic (exact) mass is 369 g/mol. The molecule has 0 atom stereocenters. The van der Waals surface area contributed by atoms with Gasteiger partial charge in [0.15, 0.2) is 0 Å². The van der Waals surface area contributed by atoms with Crippen molar-refractivity contribution in [3.63, 3.8) is 0 Å². The number of hydrogen-bond acceptors (Lipinski definition) is 6. The van der Waals surface area contributed by atoms with Crippen molar-refractivity contribution in [2.75, 3.05) is 33.9 Å². The van der Waals surface area contributed by atoms with Gasteiger partial charge in [-0.25, -0.2) is 13.1 Å². The van der Waals surface area contributed by atoms with Crippen molar-refractivity contribution in [2.45, 2.75) is 24.8 Å². The highest BCUT2D eigenvalue weighted by Gasteiger charge is 2.24. The van der Waals surface area contributed by atoms with Gasteiger partial charge >= 0.3 is 0 Å². The van der Waals surface area contributed by atoms with E-state index in [0.29, 0.717) is 18.7 Å². The third-order valence-corrected chi connectivity index (χ3v) is 5.43. The molecule has 0 unspecified atom stereocenters. The lowest BCUT2D eigenvalue weighted by Crippen LogP contribution is -2.39. The Balaban J connectivity index is 2.18. The van der Waals surface area contributed by atoms with Gasteiger partial charge in [-0.05, 0) is 32.0 Å². The number of amides is 1. The molecule has 2 rings (SSSR count). The van der Waals surface area contributed by atoms with Crippen LogP contribution in [0.4, 0.5) is 0 Å². The van der Waals surface area contributed by atoms with Gasteiger partial charge in [0.25, 0.3) is 0 Å². The Labute approximate surface area is 147 Å². The molecular formula is C15H23N5O4S. The van der Waals surface area contributed by atoms with Gasteiger partial charge in [-0.2, -0.15) is 4.31 Å². The summed E-state index contributed by atoms with van der Waals surface area (Å²) in [6.07, 6.45) is 0. The first-order valence-electron chi connectivity index (χ1n) is 7.84. The van der Waals surface area contributed by atoms with Gasteiger partial charge in [0.05, 0.1) is 23.6 Å². The first kappa shape index (κ1) is 19.3. The van der Waals surface area contributed by atoms with Gasteiger partial charge in [0, 0.05) is 26.7 Å².